The Balaban J connectivity index is 2.89. The molecule has 0 unspecified atom stereocenters. The molecule has 0 rings (SSSR count). The van der Waals surface area contributed by atoms with Gasteiger partial charge in [0.2, 0.25) is 0 Å². The lowest BCUT2D eigenvalue weighted by Crippen LogP contribution is -2.16. The maximum atomic E-state index is 8.66. The van der Waals surface area contributed by atoms with Crippen molar-refractivity contribution >= 4 is 0 Å². The largest absolute Gasteiger partial charge is 0.396 e. The molecule has 0 amide bonds. The fourth-order valence-electron chi connectivity index (χ4n) is 2.58. The van der Waals surface area contributed by atoms with Crippen molar-refractivity contribution < 1.29 is 5.11 Å². The van der Waals surface area contributed by atoms with Crippen LogP contribution >= 0.6 is 0 Å². The third kappa shape index (κ3) is 17.9. The molecule has 0 saturated carbocycles. The third-order valence-corrected chi connectivity index (χ3v) is 3.97. The molecule has 0 saturated heterocycles. The van der Waals surface area contributed by atoms with E-state index in [1.165, 1.54) is 83.6 Å². The van der Waals surface area contributed by atoms with Gasteiger partial charge in [0.25, 0.3) is 0 Å². The molecular formula is C18H39NO. The Kier molecular flexibility index (Phi) is 18.8. The highest BCUT2D eigenvalue weighted by Gasteiger charge is 1.93. The number of nitrogens with one attached hydrogen (secondary N) is 1. The molecule has 0 heterocycles. The van der Waals surface area contributed by atoms with Crippen LogP contribution in [0.15, 0.2) is 0 Å². The number of aliphatic hydroxyl groups is 1. The van der Waals surface area contributed by atoms with Crippen LogP contribution in [-0.2, 0) is 0 Å². The fraction of sp³-hybridized carbons (Fsp3) is 1.00. The molecule has 20 heavy (non-hydrogen) atoms. The molecule has 0 aromatic heterocycles. The van der Waals surface area contributed by atoms with Gasteiger partial charge in [0.1, 0.15) is 0 Å². The number of hydrogen-bond donors (Lipinski definition) is 2. The first-order valence-corrected chi connectivity index (χ1v) is 9.23. The molecule has 0 bridgehead atoms. The van der Waals surface area contributed by atoms with Gasteiger partial charge in [0.05, 0.1) is 0 Å². The summed E-state index contributed by atoms with van der Waals surface area (Å²) in [5.41, 5.74) is 0. The first-order valence-electron chi connectivity index (χ1n) is 9.23. The summed E-state index contributed by atoms with van der Waals surface area (Å²) in [6.45, 7) is 4.93. The molecule has 0 spiro atoms. The van der Waals surface area contributed by atoms with Crippen molar-refractivity contribution in [3.63, 3.8) is 0 Å². The minimum atomic E-state index is 0.346. The van der Waals surface area contributed by atoms with Crippen molar-refractivity contribution in [1.82, 2.24) is 5.32 Å². The zero-order valence-corrected chi connectivity index (χ0v) is 14.0. The second-order valence-electron chi connectivity index (χ2n) is 6.07. The lowest BCUT2D eigenvalue weighted by atomic mass is 10.1. The summed E-state index contributed by atoms with van der Waals surface area (Å²) in [5.74, 6) is 0. The Hall–Kier alpha value is -0.0800. The van der Waals surface area contributed by atoms with Gasteiger partial charge >= 0.3 is 0 Å². The van der Waals surface area contributed by atoms with E-state index in [1.54, 1.807) is 0 Å². The van der Waals surface area contributed by atoms with Gasteiger partial charge in [-0.15, -0.1) is 0 Å². The maximum Gasteiger partial charge on any atom is 0.0431 e. The van der Waals surface area contributed by atoms with Crippen molar-refractivity contribution in [3.8, 4) is 0 Å². The molecule has 0 aliphatic carbocycles. The quantitative estimate of drug-likeness (QED) is 0.367. The normalized spacial score (nSPS) is 11.1. The van der Waals surface area contributed by atoms with E-state index in [-0.39, 0.29) is 0 Å². The number of hydrogen-bond acceptors (Lipinski definition) is 2. The van der Waals surface area contributed by atoms with E-state index in [0.29, 0.717) is 6.61 Å². The summed E-state index contributed by atoms with van der Waals surface area (Å²) >= 11 is 0. The average molecular weight is 286 g/mol. The van der Waals surface area contributed by atoms with E-state index in [2.05, 4.69) is 12.2 Å². The fourth-order valence-corrected chi connectivity index (χ4v) is 2.58. The van der Waals surface area contributed by atoms with Crippen LogP contribution in [0.4, 0.5) is 0 Å². The summed E-state index contributed by atoms with van der Waals surface area (Å²) < 4.78 is 0. The topological polar surface area (TPSA) is 32.3 Å². The van der Waals surface area contributed by atoms with Crippen molar-refractivity contribution in [1.29, 1.82) is 0 Å². The predicted octanol–water partition coefficient (Wildman–Crippen LogP) is 5.05. The molecule has 2 heteroatoms. The molecule has 0 fully saturated rings. The number of unbranched alkanes of at least 4 members (excludes halogenated alkanes) is 12. The zero-order valence-electron chi connectivity index (χ0n) is 14.0. The van der Waals surface area contributed by atoms with E-state index >= 15 is 0 Å². The molecule has 0 radical (unpaired) electrons. The first-order chi connectivity index (χ1) is 9.91. The van der Waals surface area contributed by atoms with E-state index in [4.69, 9.17) is 5.11 Å². The smallest absolute Gasteiger partial charge is 0.0431 e. The van der Waals surface area contributed by atoms with Crippen LogP contribution in [0, 0.1) is 0 Å². The number of aliphatic hydroxyl groups excluding tert-OH is 1. The zero-order chi connectivity index (χ0) is 14.7. The van der Waals surface area contributed by atoms with Gasteiger partial charge in [0.15, 0.2) is 0 Å². The summed E-state index contributed by atoms with van der Waals surface area (Å²) in [6, 6.07) is 0. The molecule has 2 nitrogen and oxygen atoms in total. The Labute approximate surface area is 127 Å². The lowest BCUT2D eigenvalue weighted by Gasteiger charge is -2.05. The Morgan fingerprint density at radius 2 is 0.950 bits per heavy atom. The van der Waals surface area contributed by atoms with Crippen LogP contribution in [0.5, 0.6) is 0 Å². The van der Waals surface area contributed by atoms with Gasteiger partial charge in [-0.1, -0.05) is 71.1 Å². The molecule has 0 aliphatic heterocycles. The molecule has 0 aromatic rings. The molecule has 0 aromatic carbocycles. The highest BCUT2D eigenvalue weighted by molar-refractivity contribution is 4.51. The van der Waals surface area contributed by atoms with E-state index in [1.807, 2.05) is 0 Å². The lowest BCUT2D eigenvalue weighted by molar-refractivity contribution is 0.283. The van der Waals surface area contributed by atoms with Crippen LogP contribution in [-0.4, -0.2) is 24.8 Å². The summed E-state index contributed by atoms with van der Waals surface area (Å²) in [7, 11) is 0. The van der Waals surface area contributed by atoms with Crippen LogP contribution < -0.4 is 5.32 Å². The Morgan fingerprint density at radius 1 is 0.550 bits per heavy atom. The van der Waals surface area contributed by atoms with Crippen LogP contribution in [0.25, 0.3) is 0 Å². The minimum Gasteiger partial charge on any atom is -0.396 e. The van der Waals surface area contributed by atoms with Crippen molar-refractivity contribution in [2.75, 3.05) is 19.7 Å². The summed E-state index contributed by atoms with van der Waals surface area (Å²) in [6.07, 6.45) is 18.9. The van der Waals surface area contributed by atoms with Crippen LogP contribution in [0.2, 0.25) is 0 Å². The van der Waals surface area contributed by atoms with Gasteiger partial charge in [-0.2, -0.15) is 0 Å². The van der Waals surface area contributed by atoms with Crippen LogP contribution in [0.1, 0.15) is 96.8 Å². The molecule has 0 aliphatic rings. The SMILES string of the molecule is CCCCCCCCCCCCCNCCCCCO. The predicted molar refractivity (Wildman–Crippen MR) is 90.3 cm³/mol. The second-order valence-corrected chi connectivity index (χ2v) is 6.07. The van der Waals surface area contributed by atoms with E-state index in [9.17, 15) is 0 Å². The third-order valence-electron chi connectivity index (χ3n) is 3.97. The van der Waals surface area contributed by atoms with Gasteiger partial charge in [-0.25, -0.2) is 0 Å². The summed E-state index contributed by atoms with van der Waals surface area (Å²) in [4.78, 5) is 0. The second kappa shape index (κ2) is 18.9. The van der Waals surface area contributed by atoms with Gasteiger partial charge in [0, 0.05) is 6.61 Å². The highest BCUT2D eigenvalue weighted by Crippen LogP contribution is 2.10. The van der Waals surface area contributed by atoms with Crippen LogP contribution in [0.3, 0.4) is 0 Å². The van der Waals surface area contributed by atoms with E-state index < -0.39 is 0 Å². The Morgan fingerprint density at radius 3 is 1.40 bits per heavy atom. The minimum absolute atomic E-state index is 0.346. The van der Waals surface area contributed by atoms with Gasteiger partial charge in [-0.3, -0.25) is 0 Å². The molecular weight excluding hydrogens is 246 g/mol. The van der Waals surface area contributed by atoms with Crippen molar-refractivity contribution in [2.45, 2.75) is 96.8 Å². The van der Waals surface area contributed by atoms with Gasteiger partial charge < -0.3 is 10.4 Å². The average Bonchev–Trinajstić information content (AvgIpc) is 2.47. The highest BCUT2D eigenvalue weighted by atomic mass is 16.2. The first kappa shape index (κ1) is 19.9. The standard InChI is InChI=1S/C18H39NO/c1-2-3-4-5-6-7-8-9-10-11-13-16-19-17-14-12-15-18-20/h19-20H,2-18H2,1H3. The van der Waals surface area contributed by atoms with Crippen molar-refractivity contribution in [3.05, 3.63) is 0 Å². The van der Waals surface area contributed by atoms with Gasteiger partial charge in [-0.05, 0) is 38.8 Å². The maximum absolute atomic E-state index is 8.66. The molecule has 2 N–H and O–H groups in total. The Bertz CT molecular complexity index is 143. The summed E-state index contributed by atoms with van der Waals surface area (Å²) in [5, 5.41) is 12.2. The molecule has 122 valence electrons. The van der Waals surface area contributed by atoms with E-state index in [0.717, 1.165) is 19.4 Å². The van der Waals surface area contributed by atoms with Crippen molar-refractivity contribution in [2.24, 2.45) is 0 Å². The molecule has 0 atom stereocenters. The monoisotopic (exact) mass is 285 g/mol. The number of rotatable bonds is 17.